The van der Waals surface area contributed by atoms with Gasteiger partial charge in [0.25, 0.3) is 0 Å². The maximum absolute atomic E-state index is 13.2. The van der Waals surface area contributed by atoms with E-state index in [9.17, 15) is 9.59 Å². The zero-order valence-corrected chi connectivity index (χ0v) is 19.9. The molecule has 2 heterocycles. The van der Waals surface area contributed by atoms with Crippen molar-refractivity contribution >= 4 is 46.6 Å². The molecule has 2 aliphatic heterocycles. The average Bonchev–Trinajstić information content (AvgIpc) is 2.95. The number of thioether (sulfide) groups is 1. The van der Waals surface area contributed by atoms with E-state index in [0.29, 0.717) is 29.0 Å². The van der Waals surface area contributed by atoms with Gasteiger partial charge in [-0.15, -0.1) is 11.8 Å². The summed E-state index contributed by atoms with van der Waals surface area (Å²) in [7, 11) is 0. The van der Waals surface area contributed by atoms with E-state index >= 15 is 0 Å². The molecule has 0 saturated carbocycles. The number of fused-ring (bicyclic) bond motifs is 1. The maximum Gasteiger partial charge on any atom is 0.241 e. The van der Waals surface area contributed by atoms with Gasteiger partial charge in [-0.2, -0.15) is 0 Å². The third-order valence-corrected chi connectivity index (χ3v) is 7.45. The molecule has 1 saturated heterocycles. The molecule has 1 fully saturated rings. The van der Waals surface area contributed by atoms with Crippen LogP contribution in [-0.4, -0.2) is 72.7 Å². The molecular formula is C24H29ClN4O2S. The number of hydrogen-bond acceptors (Lipinski definition) is 5. The monoisotopic (exact) mass is 472 g/mol. The van der Waals surface area contributed by atoms with Crippen molar-refractivity contribution in [3.63, 3.8) is 0 Å². The van der Waals surface area contributed by atoms with E-state index in [-0.39, 0.29) is 11.8 Å². The summed E-state index contributed by atoms with van der Waals surface area (Å²) in [6.07, 6.45) is 0.986. The highest BCUT2D eigenvalue weighted by Crippen LogP contribution is 2.37. The van der Waals surface area contributed by atoms with Crippen molar-refractivity contribution in [1.29, 1.82) is 0 Å². The van der Waals surface area contributed by atoms with Crippen LogP contribution >= 0.6 is 23.4 Å². The molecule has 32 heavy (non-hydrogen) atoms. The summed E-state index contributed by atoms with van der Waals surface area (Å²) in [5, 5.41) is 3.90. The normalized spacial score (nSPS) is 19.8. The topological polar surface area (TPSA) is 55.9 Å². The van der Waals surface area contributed by atoms with E-state index in [1.807, 2.05) is 47.0 Å². The quantitative estimate of drug-likeness (QED) is 0.717. The van der Waals surface area contributed by atoms with Crippen LogP contribution in [0, 0.1) is 0 Å². The second-order valence-corrected chi connectivity index (χ2v) is 10.2. The molecule has 1 N–H and O–H groups in total. The van der Waals surface area contributed by atoms with Gasteiger partial charge in [0, 0.05) is 42.9 Å². The molecule has 0 radical (unpaired) electrons. The molecule has 2 aliphatic rings. The number of nitrogens with zero attached hydrogens (tertiary/aromatic N) is 3. The SMILES string of the molecule is CC1CCN(C(=O)CN2CCN(CC(=O)Nc3ccccc3Cl)CC2)c2ccccc2S1. The molecule has 8 heteroatoms. The van der Waals surface area contributed by atoms with Crippen molar-refractivity contribution < 1.29 is 9.59 Å². The summed E-state index contributed by atoms with van der Waals surface area (Å²) in [4.78, 5) is 33.0. The lowest BCUT2D eigenvalue weighted by Gasteiger charge is -2.35. The van der Waals surface area contributed by atoms with Crippen LogP contribution in [0.2, 0.25) is 5.02 Å². The van der Waals surface area contributed by atoms with Gasteiger partial charge in [-0.1, -0.05) is 42.8 Å². The summed E-state index contributed by atoms with van der Waals surface area (Å²) in [6.45, 7) is 6.76. The molecule has 0 aliphatic carbocycles. The summed E-state index contributed by atoms with van der Waals surface area (Å²) >= 11 is 7.97. The van der Waals surface area contributed by atoms with Crippen molar-refractivity contribution in [2.24, 2.45) is 0 Å². The number of anilines is 2. The van der Waals surface area contributed by atoms with Crippen LogP contribution in [0.3, 0.4) is 0 Å². The Morgan fingerprint density at radius 1 is 0.969 bits per heavy atom. The predicted octanol–water partition coefficient (Wildman–Crippen LogP) is 3.81. The smallest absolute Gasteiger partial charge is 0.241 e. The Morgan fingerprint density at radius 3 is 2.38 bits per heavy atom. The Hall–Kier alpha value is -2.06. The number of carbonyl (C=O) groups is 2. The fraction of sp³-hybridized carbons (Fsp3) is 0.417. The Balaban J connectivity index is 1.27. The lowest BCUT2D eigenvalue weighted by molar-refractivity contribution is -0.121. The number of amides is 2. The van der Waals surface area contributed by atoms with Gasteiger partial charge in [0.2, 0.25) is 11.8 Å². The minimum atomic E-state index is -0.0737. The fourth-order valence-electron chi connectivity index (χ4n) is 4.08. The first kappa shape index (κ1) is 23.1. The molecule has 170 valence electrons. The standard InChI is InChI=1S/C24H29ClN4O2S/c1-18-10-11-29(21-8-4-5-9-22(21)32-18)24(31)17-28-14-12-27(13-15-28)16-23(30)26-20-7-3-2-6-19(20)25/h2-9,18H,10-17H2,1H3,(H,26,30). The molecule has 2 amide bonds. The van der Waals surface area contributed by atoms with Gasteiger partial charge in [-0.25, -0.2) is 0 Å². The minimum Gasteiger partial charge on any atom is -0.324 e. The van der Waals surface area contributed by atoms with Gasteiger partial charge in [-0.3, -0.25) is 19.4 Å². The van der Waals surface area contributed by atoms with Gasteiger partial charge in [0.05, 0.1) is 29.5 Å². The van der Waals surface area contributed by atoms with Crippen LogP contribution in [0.15, 0.2) is 53.4 Å². The molecule has 0 aromatic heterocycles. The zero-order valence-electron chi connectivity index (χ0n) is 18.3. The number of benzene rings is 2. The zero-order chi connectivity index (χ0) is 22.5. The molecule has 6 nitrogen and oxygen atoms in total. The lowest BCUT2D eigenvalue weighted by Crippen LogP contribution is -2.51. The Morgan fingerprint density at radius 2 is 1.62 bits per heavy atom. The van der Waals surface area contributed by atoms with Crippen molar-refractivity contribution in [1.82, 2.24) is 9.80 Å². The van der Waals surface area contributed by atoms with Crippen LogP contribution in [0.5, 0.6) is 0 Å². The molecule has 1 atom stereocenters. The predicted molar refractivity (Wildman–Crippen MR) is 132 cm³/mol. The van der Waals surface area contributed by atoms with Gasteiger partial charge >= 0.3 is 0 Å². The van der Waals surface area contributed by atoms with Crippen LogP contribution < -0.4 is 10.2 Å². The van der Waals surface area contributed by atoms with Crippen LogP contribution in [-0.2, 0) is 9.59 Å². The molecule has 1 unspecified atom stereocenters. The highest BCUT2D eigenvalue weighted by molar-refractivity contribution is 8.00. The number of rotatable bonds is 5. The summed E-state index contributed by atoms with van der Waals surface area (Å²) < 4.78 is 0. The fourth-order valence-corrected chi connectivity index (χ4v) is 5.38. The van der Waals surface area contributed by atoms with Gasteiger partial charge in [0.15, 0.2) is 0 Å². The summed E-state index contributed by atoms with van der Waals surface area (Å²) in [5.41, 5.74) is 1.66. The summed E-state index contributed by atoms with van der Waals surface area (Å²) in [6, 6.07) is 15.4. The van der Waals surface area contributed by atoms with Crippen molar-refractivity contribution in [2.45, 2.75) is 23.5 Å². The Kier molecular flexibility index (Phi) is 7.73. The van der Waals surface area contributed by atoms with Crippen molar-refractivity contribution in [3.05, 3.63) is 53.6 Å². The van der Waals surface area contributed by atoms with Crippen LogP contribution in [0.4, 0.5) is 11.4 Å². The number of para-hydroxylation sites is 2. The van der Waals surface area contributed by atoms with E-state index in [1.54, 1.807) is 12.1 Å². The highest BCUT2D eigenvalue weighted by Gasteiger charge is 2.27. The van der Waals surface area contributed by atoms with Crippen LogP contribution in [0.1, 0.15) is 13.3 Å². The Bertz CT molecular complexity index is 965. The first-order valence-electron chi connectivity index (χ1n) is 11.0. The maximum atomic E-state index is 13.2. The second-order valence-electron chi connectivity index (χ2n) is 8.31. The number of piperazine rings is 1. The Labute approximate surface area is 198 Å². The number of carbonyl (C=O) groups excluding carboxylic acids is 2. The third-order valence-electron chi connectivity index (χ3n) is 5.88. The number of hydrogen-bond donors (Lipinski definition) is 1. The van der Waals surface area contributed by atoms with E-state index < -0.39 is 0 Å². The third kappa shape index (κ3) is 5.84. The molecule has 0 spiro atoms. The van der Waals surface area contributed by atoms with E-state index in [4.69, 9.17) is 11.6 Å². The molecule has 2 aromatic rings. The number of nitrogens with one attached hydrogen (secondary N) is 1. The highest BCUT2D eigenvalue weighted by atomic mass is 35.5. The first-order valence-corrected chi connectivity index (χ1v) is 12.3. The first-order chi connectivity index (χ1) is 15.5. The van der Waals surface area contributed by atoms with E-state index in [1.165, 1.54) is 4.90 Å². The lowest BCUT2D eigenvalue weighted by atomic mass is 10.2. The largest absolute Gasteiger partial charge is 0.324 e. The van der Waals surface area contributed by atoms with Crippen molar-refractivity contribution in [2.75, 3.05) is 56.0 Å². The van der Waals surface area contributed by atoms with E-state index in [0.717, 1.165) is 44.8 Å². The van der Waals surface area contributed by atoms with Crippen molar-refractivity contribution in [3.8, 4) is 0 Å². The molecule has 4 rings (SSSR count). The summed E-state index contributed by atoms with van der Waals surface area (Å²) in [5.74, 6) is 0.0764. The molecule has 2 aromatic carbocycles. The average molecular weight is 473 g/mol. The molecular weight excluding hydrogens is 444 g/mol. The van der Waals surface area contributed by atoms with Gasteiger partial charge in [-0.05, 0) is 30.7 Å². The minimum absolute atomic E-state index is 0.0737. The molecule has 0 bridgehead atoms. The van der Waals surface area contributed by atoms with Gasteiger partial charge < -0.3 is 10.2 Å². The number of halogens is 1. The van der Waals surface area contributed by atoms with Crippen LogP contribution in [0.25, 0.3) is 0 Å². The van der Waals surface area contributed by atoms with Gasteiger partial charge in [0.1, 0.15) is 0 Å². The second kappa shape index (κ2) is 10.7. The van der Waals surface area contributed by atoms with E-state index in [2.05, 4.69) is 28.1 Å².